The number of halogens is 4. The van der Waals surface area contributed by atoms with Crippen molar-refractivity contribution in [3.8, 4) is 11.1 Å². The molecule has 0 heterocycles. The van der Waals surface area contributed by atoms with Gasteiger partial charge in [-0.2, -0.15) is 0 Å². The molecule has 0 nitrogen and oxygen atoms in total. The number of hydrogen-bond donors (Lipinski definition) is 0. The summed E-state index contributed by atoms with van der Waals surface area (Å²) in [4.78, 5) is 0. The second kappa shape index (κ2) is 15.5. The molecule has 308 valence electrons. The fourth-order valence-corrected chi connectivity index (χ4v) is 22.8. The fourth-order valence-electron chi connectivity index (χ4n) is 10.2. The van der Waals surface area contributed by atoms with Crippen molar-refractivity contribution in [2.75, 3.05) is 0 Å². The van der Waals surface area contributed by atoms with Crippen molar-refractivity contribution in [1.82, 2.24) is 0 Å². The number of allylic oxidation sites excluding steroid dienone is 8. The normalized spacial score (nSPS) is 17.1. The minimum Gasteiger partial charge on any atom is -1.00 e. The first-order chi connectivity index (χ1) is 26.4. The molecule has 0 spiro atoms. The van der Waals surface area contributed by atoms with Gasteiger partial charge in [0.05, 0.1) is 0 Å². The van der Waals surface area contributed by atoms with Crippen LogP contribution in [-0.2, 0) is 30.1 Å². The molecule has 0 aliphatic heterocycles. The van der Waals surface area contributed by atoms with E-state index in [-0.39, 0.29) is 55.5 Å². The molecule has 4 aliphatic carbocycles. The summed E-state index contributed by atoms with van der Waals surface area (Å²) in [5.74, 6) is 0. The molecule has 4 aromatic rings. The third-order valence-electron chi connectivity index (χ3n) is 13.2. The van der Waals surface area contributed by atoms with Crippen LogP contribution >= 0.6 is 23.2 Å². The summed E-state index contributed by atoms with van der Waals surface area (Å²) in [6.07, 6.45) is 11.2. The van der Waals surface area contributed by atoms with Crippen LogP contribution in [0.5, 0.6) is 0 Å². The van der Waals surface area contributed by atoms with E-state index in [0.717, 1.165) is 16.5 Å². The SMILES string of the molecule is CC(C)(C)C1=CC[C]([Zr+2](=[CH]c2ccc(Cl)cc2)(=[CH]c2ccc(Cl)cc2)[CH]2c3cc4c(cc3-c3cc5c(cc32)C(C)(C)C=C5C(C)(C)C)C(C(C)(C)C)=CC4(C)C)=C1.[Cl-].[Cl-]. The van der Waals surface area contributed by atoms with Gasteiger partial charge < -0.3 is 24.8 Å². The molecular formula is C54H60Cl4Zr. The largest absolute Gasteiger partial charge is 1.00 e. The molecule has 8 rings (SSSR count). The second-order valence-corrected chi connectivity index (χ2v) is 31.4. The minimum absolute atomic E-state index is 0. The van der Waals surface area contributed by atoms with Gasteiger partial charge in [0.15, 0.2) is 0 Å². The Labute approximate surface area is 381 Å². The van der Waals surface area contributed by atoms with Gasteiger partial charge in [0.1, 0.15) is 0 Å². The van der Waals surface area contributed by atoms with Gasteiger partial charge in [0.2, 0.25) is 0 Å². The van der Waals surface area contributed by atoms with E-state index in [0.29, 0.717) is 0 Å². The summed E-state index contributed by atoms with van der Waals surface area (Å²) in [6.45, 7) is 31.0. The van der Waals surface area contributed by atoms with Crippen LogP contribution in [-0.4, -0.2) is 7.42 Å². The van der Waals surface area contributed by atoms with Crippen molar-refractivity contribution in [3.63, 3.8) is 0 Å². The van der Waals surface area contributed by atoms with Gasteiger partial charge in [0.25, 0.3) is 0 Å². The van der Waals surface area contributed by atoms with Crippen LogP contribution in [0.25, 0.3) is 22.3 Å². The molecule has 5 heteroatoms. The Morgan fingerprint density at radius 1 is 0.559 bits per heavy atom. The van der Waals surface area contributed by atoms with Gasteiger partial charge in [-0.05, 0) is 0 Å². The predicted octanol–water partition coefficient (Wildman–Crippen LogP) is 9.63. The molecular weight excluding hydrogens is 882 g/mol. The molecule has 0 bridgehead atoms. The molecule has 4 aliphatic rings. The Balaban J connectivity index is 0.00000293. The van der Waals surface area contributed by atoms with Crippen molar-refractivity contribution >= 4 is 41.8 Å². The number of hydrogen-bond acceptors (Lipinski definition) is 0. The van der Waals surface area contributed by atoms with Crippen LogP contribution < -0.4 is 24.8 Å². The fraction of sp³-hybridized carbons (Fsp3) is 0.370. The summed E-state index contributed by atoms with van der Waals surface area (Å²) in [7, 11) is 0. The van der Waals surface area contributed by atoms with Crippen molar-refractivity contribution in [3.05, 3.63) is 161 Å². The van der Waals surface area contributed by atoms with Crippen molar-refractivity contribution < 1.29 is 44.1 Å². The molecule has 0 saturated carbocycles. The van der Waals surface area contributed by atoms with E-state index < -0.39 is 19.3 Å². The molecule has 4 aromatic carbocycles. The third-order valence-corrected chi connectivity index (χ3v) is 25.2. The minimum atomic E-state index is -4.09. The Morgan fingerprint density at radius 3 is 1.29 bits per heavy atom. The molecule has 0 N–H and O–H groups in total. The van der Waals surface area contributed by atoms with E-state index in [4.69, 9.17) is 23.2 Å². The zero-order chi connectivity index (χ0) is 41.2. The van der Waals surface area contributed by atoms with E-state index in [1.165, 1.54) is 72.4 Å². The topological polar surface area (TPSA) is 0 Å². The first kappa shape index (κ1) is 46.1. The third kappa shape index (κ3) is 8.09. The Kier molecular flexibility index (Phi) is 12.1. The standard InChI is InChI=1S/C31H37.C9H13.2C7H5Cl.2ClH.Zr/c1-28(2,3)26-16-30(7,8)24-12-18-11-19-13-25-23(15-21(19)20(18)14-22(24)26)27(29(4,5)6)17-31(25,9)10;1-9(2,3)8-6-4-5-7-8;2*1-6-2-4-7(8)5-3-6;;;/h11-17H,1-10H3;6-7H,4H2,1-3H3;2*1-5H;2*1H;/q;;;;;;+2/p-2. The van der Waals surface area contributed by atoms with Gasteiger partial charge in [-0.1, -0.05) is 0 Å². The zero-order valence-electron chi connectivity index (χ0n) is 37.2. The van der Waals surface area contributed by atoms with Gasteiger partial charge in [-0.15, -0.1) is 0 Å². The van der Waals surface area contributed by atoms with Crippen LogP contribution in [0.3, 0.4) is 0 Å². The molecule has 0 fully saturated rings. The Hall–Kier alpha value is -2.38. The van der Waals surface area contributed by atoms with E-state index >= 15 is 0 Å². The van der Waals surface area contributed by atoms with E-state index in [2.05, 4.69) is 195 Å². The van der Waals surface area contributed by atoms with Crippen molar-refractivity contribution in [1.29, 1.82) is 0 Å². The van der Waals surface area contributed by atoms with Gasteiger partial charge >= 0.3 is 360 Å². The van der Waals surface area contributed by atoms with Crippen LogP contribution in [0, 0.1) is 16.2 Å². The first-order valence-corrected chi connectivity index (χ1v) is 27.1. The van der Waals surface area contributed by atoms with Gasteiger partial charge in [-0.25, -0.2) is 0 Å². The summed E-state index contributed by atoms with van der Waals surface area (Å²) in [6, 6.07) is 27.8. The second-order valence-electron chi connectivity index (χ2n) is 21.6. The Bertz CT molecular complexity index is 2460. The molecule has 0 unspecified atom stereocenters. The van der Waals surface area contributed by atoms with Crippen LogP contribution in [0.1, 0.15) is 145 Å². The zero-order valence-corrected chi connectivity index (χ0v) is 42.7. The monoisotopic (exact) mass is 938 g/mol. The van der Waals surface area contributed by atoms with Crippen molar-refractivity contribution in [2.24, 2.45) is 16.2 Å². The molecule has 0 atom stereocenters. The van der Waals surface area contributed by atoms with Gasteiger partial charge in [0, 0.05) is 0 Å². The number of rotatable bonds is 4. The molecule has 0 aromatic heterocycles. The smallest absolute Gasteiger partial charge is 1.00 e. The summed E-state index contributed by atoms with van der Waals surface area (Å²) in [5, 5.41) is 1.53. The average molecular weight is 942 g/mol. The average Bonchev–Trinajstić information content (AvgIpc) is 3.86. The summed E-state index contributed by atoms with van der Waals surface area (Å²) in [5.41, 5.74) is 18.4. The first-order valence-electron chi connectivity index (χ1n) is 20.9. The molecule has 0 saturated heterocycles. The van der Waals surface area contributed by atoms with Gasteiger partial charge in [-0.3, -0.25) is 0 Å². The molecule has 59 heavy (non-hydrogen) atoms. The van der Waals surface area contributed by atoms with Crippen LogP contribution in [0.15, 0.2) is 106 Å². The van der Waals surface area contributed by atoms with Crippen LogP contribution in [0.4, 0.5) is 0 Å². The van der Waals surface area contributed by atoms with E-state index in [1.54, 1.807) is 3.28 Å². The predicted molar refractivity (Wildman–Crippen MR) is 248 cm³/mol. The maximum atomic E-state index is 6.59. The van der Waals surface area contributed by atoms with Crippen LogP contribution in [0.2, 0.25) is 10.0 Å². The Morgan fingerprint density at radius 2 is 0.949 bits per heavy atom. The van der Waals surface area contributed by atoms with Crippen molar-refractivity contribution in [2.45, 2.75) is 111 Å². The van der Waals surface area contributed by atoms with E-state index in [9.17, 15) is 0 Å². The van der Waals surface area contributed by atoms with E-state index in [1.807, 2.05) is 0 Å². The maximum absolute atomic E-state index is 6.59. The summed E-state index contributed by atoms with van der Waals surface area (Å²) < 4.78 is 7.35. The molecule has 0 radical (unpaired) electrons. The number of benzene rings is 4. The quantitative estimate of drug-likeness (QED) is 0.191. The number of fused-ring (bicyclic) bond motifs is 5. The maximum Gasteiger partial charge on any atom is -1.00 e. The molecule has 0 amide bonds. The summed E-state index contributed by atoms with van der Waals surface area (Å²) >= 11 is 9.08.